The van der Waals surface area contributed by atoms with Crippen molar-refractivity contribution in [3.8, 4) is 0 Å². The smallest absolute Gasteiger partial charge is 0.368 e. The maximum Gasteiger partial charge on any atom is 0.416 e. The van der Waals surface area contributed by atoms with Gasteiger partial charge in [0, 0.05) is 12.8 Å². The van der Waals surface area contributed by atoms with Gasteiger partial charge < -0.3 is 18.9 Å². The first-order chi connectivity index (χ1) is 14.7. The van der Waals surface area contributed by atoms with E-state index in [0.29, 0.717) is 5.92 Å². The Bertz CT molecular complexity index is 708. The van der Waals surface area contributed by atoms with Gasteiger partial charge in [0.25, 0.3) is 0 Å². The van der Waals surface area contributed by atoms with Crippen molar-refractivity contribution < 1.29 is 32.1 Å². The number of benzene rings is 1. The molecule has 5 atom stereocenters. The van der Waals surface area contributed by atoms with Gasteiger partial charge in [0.1, 0.15) is 12.2 Å². The van der Waals surface area contributed by atoms with Gasteiger partial charge in [-0.1, -0.05) is 58.7 Å². The molecule has 4 nitrogen and oxygen atoms in total. The van der Waals surface area contributed by atoms with Gasteiger partial charge in [-0.15, -0.1) is 0 Å². The van der Waals surface area contributed by atoms with E-state index in [1.54, 1.807) is 6.07 Å². The van der Waals surface area contributed by atoms with Crippen molar-refractivity contribution in [3.05, 3.63) is 35.4 Å². The molecule has 2 aliphatic rings. The summed E-state index contributed by atoms with van der Waals surface area (Å²) in [7, 11) is 0. The molecule has 0 aromatic heterocycles. The SMILES string of the molecule is CCCCC1(CCC)O[C@H]2O[C@H](CC(C)C)[C@H](OCc3ccccc3C(F)(F)F)[C@H]2O1. The molecule has 0 saturated carbocycles. The summed E-state index contributed by atoms with van der Waals surface area (Å²) < 4.78 is 65.2. The summed E-state index contributed by atoms with van der Waals surface area (Å²) in [5, 5.41) is 0. The first kappa shape index (κ1) is 24.5. The van der Waals surface area contributed by atoms with E-state index in [1.807, 2.05) is 0 Å². The van der Waals surface area contributed by atoms with Crippen molar-refractivity contribution in [2.75, 3.05) is 0 Å². The molecule has 176 valence electrons. The zero-order chi connectivity index (χ0) is 22.6. The van der Waals surface area contributed by atoms with Gasteiger partial charge in [0.15, 0.2) is 12.1 Å². The normalized spacial score (nSPS) is 30.8. The number of rotatable bonds is 10. The van der Waals surface area contributed by atoms with Gasteiger partial charge in [0.05, 0.1) is 18.3 Å². The van der Waals surface area contributed by atoms with Crippen molar-refractivity contribution in [2.24, 2.45) is 5.92 Å². The Morgan fingerprint density at radius 2 is 1.81 bits per heavy atom. The Balaban J connectivity index is 1.78. The van der Waals surface area contributed by atoms with E-state index in [0.717, 1.165) is 44.6 Å². The molecule has 2 fully saturated rings. The molecule has 2 heterocycles. The zero-order valence-electron chi connectivity index (χ0n) is 18.9. The van der Waals surface area contributed by atoms with E-state index in [9.17, 15) is 13.2 Å². The van der Waals surface area contributed by atoms with Crippen LogP contribution in [0, 0.1) is 5.92 Å². The predicted molar refractivity (Wildman–Crippen MR) is 111 cm³/mol. The average Bonchev–Trinajstić information content (AvgIpc) is 3.18. The minimum absolute atomic E-state index is 0.117. The second-order valence-electron chi connectivity index (χ2n) is 9.07. The molecule has 3 rings (SSSR count). The lowest BCUT2D eigenvalue weighted by Crippen LogP contribution is -2.39. The summed E-state index contributed by atoms with van der Waals surface area (Å²) in [4.78, 5) is 0. The Morgan fingerprint density at radius 1 is 1.06 bits per heavy atom. The summed E-state index contributed by atoms with van der Waals surface area (Å²) in [5.74, 6) is -0.355. The molecule has 0 aliphatic carbocycles. The predicted octanol–water partition coefficient (Wildman–Crippen LogP) is 6.46. The Morgan fingerprint density at radius 3 is 2.45 bits per heavy atom. The van der Waals surface area contributed by atoms with E-state index >= 15 is 0 Å². The van der Waals surface area contributed by atoms with Crippen molar-refractivity contribution in [1.82, 2.24) is 0 Å². The Labute approximate surface area is 183 Å². The van der Waals surface area contributed by atoms with E-state index < -0.39 is 36.0 Å². The van der Waals surface area contributed by atoms with Crippen molar-refractivity contribution >= 4 is 0 Å². The number of alkyl halides is 3. The van der Waals surface area contributed by atoms with Crippen LogP contribution in [0.1, 0.15) is 77.3 Å². The van der Waals surface area contributed by atoms with Crippen molar-refractivity contribution in [3.63, 3.8) is 0 Å². The van der Waals surface area contributed by atoms with Crippen LogP contribution in [0.25, 0.3) is 0 Å². The number of hydrogen-bond donors (Lipinski definition) is 0. The third kappa shape index (κ3) is 5.81. The molecule has 31 heavy (non-hydrogen) atoms. The quantitative estimate of drug-likeness (QED) is 0.415. The van der Waals surface area contributed by atoms with Crippen LogP contribution in [0.15, 0.2) is 24.3 Å². The fourth-order valence-electron chi connectivity index (χ4n) is 4.55. The van der Waals surface area contributed by atoms with Gasteiger partial charge in [-0.25, -0.2) is 0 Å². The van der Waals surface area contributed by atoms with Gasteiger partial charge in [0.2, 0.25) is 0 Å². The second-order valence-corrected chi connectivity index (χ2v) is 9.07. The average molecular weight is 445 g/mol. The number of fused-ring (bicyclic) bond motifs is 1. The summed E-state index contributed by atoms with van der Waals surface area (Å²) in [5.41, 5.74) is -0.552. The maximum absolute atomic E-state index is 13.4. The molecule has 0 bridgehead atoms. The summed E-state index contributed by atoms with van der Waals surface area (Å²) >= 11 is 0. The Hall–Kier alpha value is -1.15. The molecule has 2 saturated heterocycles. The molecule has 1 unspecified atom stereocenters. The molecule has 7 heteroatoms. The van der Waals surface area contributed by atoms with Crippen LogP contribution in [0.5, 0.6) is 0 Å². The van der Waals surface area contributed by atoms with Crippen LogP contribution < -0.4 is 0 Å². The van der Waals surface area contributed by atoms with Crippen LogP contribution in [0.2, 0.25) is 0 Å². The molecular formula is C24H35F3O4. The lowest BCUT2D eigenvalue weighted by atomic mass is 10.00. The highest BCUT2D eigenvalue weighted by Gasteiger charge is 2.57. The summed E-state index contributed by atoms with van der Waals surface area (Å²) in [6.07, 6.45) is -1.01. The van der Waals surface area contributed by atoms with Crippen LogP contribution in [-0.4, -0.2) is 30.4 Å². The number of hydrogen-bond acceptors (Lipinski definition) is 4. The van der Waals surface area contributed by atoms with Crippen molar-refractivity contribution in [1.29, 1.82) is 0 Å². The third-order valence-electron chi connectivity index (χ3n) is 5.95. The zero-order valence-corrected chi connectivity index (χ0v) is 18.9. The highest BCUT2D eigenvalue weighted by molar-refractivity contribution is 5.29. The topological polar surface area (TPSA) is 36.9 Å². The number of halogens is 3. The molecule has 1 aromatic rings. The number of ether oxygens (including phenoxy) is 4. The summed E-state index contributed by atoms with van der Waals surface area (Å²) in [6.45, 7) is 8.21. The first-order valence-electron chi connectivity index (χ1n) is 11.5. The molecule has 2 aliphatic heterocycles. The summed E-state index contributed by atoms with van der Waals surface area (Å²) in [6, 6.07) is 5.54. The molecule has 1 aromatic carbocycles. The molecule has 0 amide bonds. The van der Waals surface area contributed by atoms with Gasteiger partial charge >= 0.3 is 6.18 Å². The number of unbranched alkanes of at least 4 members (excludes halogenated alkanes) is 1. The molecule has 0 N–H and O–H groups in total. The largest absolute Gasteiger partial charge is 0.416 e. The van der Waals surface area contributed by atoms with Gasteiger partial charge in [-0.3, -0.25) is 0 Å². The first-order valence-corrected chi connectivity index (χ1v) is 11.5. The minimum atomic E-state index is -4.42. The molecule has 0 radical (unpaired) electrons. The lowest BCUT2D eigenvalue weighted by molar-refractivity contribution is -0.244. The van der Waals surface area contributed by atoms with E-state index in [2.05, 4.69) is 27.7 Å². The van der Waals surface area contributed by atoms with Crippen LogP contribution in [0.4, 0.5) is 13.2 Å². The lowest BCUT2D eigenvalue weighted by Gasteiger charge is -2.31. The van der Waals surface area contributed by atoms with Crippen LogP contribution in [0.3, 0.4) is 0 Å². The minimum Gasteiger partial charge on any atom is -0.368 e. The van der Waals surface area contributed by atoms with Crippen LogP contribution >= 0.6 is 0 Å². The monoisotopic (exact) mass is 444 g/mol. The fraction of sp³-hybridized carbons (Fsp3) is 0.750. The van der Waals surface area contributed by atoms with E-state index in [1.165, 1.54) is 12.1 Å². The van der Waals surface area contributed by atoms with Gasteiger partial charge in [-0.2, -0.15) is 13.2 Å². The maximum atomic E-state index is 13.4. The second kappa shape index (κ2) is 10.2. The highest BCUT2D eigenvalue weighted by Crippen LogP contribution is 2.45. The fourth-order valence-corrected chi connectivity index (χ4v) is 4.55. The van der Waals surface area contributed by atoms with Gasteiger partial charge in [-0.05, 0) is 30.4 Å². The standard InChI is InChI=1S/C24H35F3O4/c1-5-7-13-23(12-6-2)30-21-20(19(14-16(3)4)29-22(21)31-23)28-15-17-10-8-9-11-18(17)24(25,26)27/h8-11,16,19-22H,5-7,12-15H2,1-4H3/t19-,20+,21-,22-,23?/m1/s1. The Kier molecular flexibility index (Phi) is 8.05. The molecule has 0 spiro atoms. The molecular weight excluding hydrogens is 409 g/mol. The van der Waals surface area contributed by atoms with E-state index in [-0.39, 0.29) is 18.3 Å². The van der Waals surface area contributed by atoms with E-state index in [4.69, 9.17) is 18.9 Å². The van der Waals surface area contributed by atoms with Crippen LogP contribution in [-0.2, 0) is 31.7 Å². The highest BCUT2D eigenvalue weighted by atomic mass is 19.4. The van der Waals surface area contributed by atoms with Crippen molar-refractivity contribution in [2.45, 2.75) is 109 Å². The third-order valence-corrected chi connectivity index (χ3v) is 5.95.